The van der Waals surface area contributed by atoms with Crippen LogP contribution >= 0.6 is 0 Å². The summed E-state index contributed by atoms with van der Waals surface area (Å²) in [6.07, 6.45) is 11.0. The van der Waals surface area contributed by atoms with Crippen molar-refractivity contribution in [2.45, 2.75) is 45.6 Å². The molecule has 0 spiro atoms. The van der Waals surface area contributed by atoms with E-state index in [1.54, 1.807) is 5.57 Å². The number of aromatic nitrogens is 2. The third kappa shape index (κ3) is 2.93. The third-order valence-electron chi connectivity index (χ3n) is 4.13. The van der Waals surface area contributed by atoms with Gasteiger partial charge in [0, 0.05) is 12.7 Å². The molecule has 1 aliphatic rings. The first-order valence-corrected chi connectivity index (χ1v) is 7.66. The van der Waals surface area contributed by atoms with Gasteiger partial charge < -0.3 is 9.72 Å². The Balaban J connectivity index is 1.57. The van der Waals surface area contributed by atoms with Gasteiger partial charge in [-0.05, 0) is 57.7 Å². The van der Waals surface area contributed by atoms with Crippen molar-refractivity contribution >= 4 is 5.65 Å². The summed E-state index contributed by atoms with van der Waals surface area (Å²) in [7, 11) is 0. The molecule has 0 aliphatic heterocycles. The standard InChI is InChI=1S/C17H23N3/c1-14-16(20-12-6-5-9-17(20)19-14)13-18-11-10-15-7-3-2-4-8-15/h5-7,9,12,18H,2-4,8,10-11,13H2,1H3. The summed E-state index contributed by atoms with van der Waals surface area (Å²) in [4.78, 5) is 4.59. The van der Waals surface area contributed by atoms with Gasteiger partial charge in [-0.1, -0.05) is 17.7 Å². The van der Waals surface area contributed by atoms with E-state index in [9.17, 15) is 0 Å². The number of aryl methyl sites for hydroxylation is 1. The van der Waals surface area contributed by atoms with E-state index in [0.29, 0.717) is 0 Å². The zero-order chi connectivity index (χ0) is 13.8. The van der Waals surface area contributed by atoms with Crippen LogP contribution in [0.5, 0.6) is 0 Å². The van der Waals surface area contributed by atoms with E-state index in [1.165, 1.54) is 37.8 Å². The molecule has 1 aliphatic carbocycles. The number of hydrogen-bond donors (Lipinski definition) is 1. The van der Waals surface area contributed by atoms with Gasteiger partial charge in [-0.25, -0.2) is 4.98 Å². The molecule has 0 amide bonds. The Labute approximate surface area is 120 Å². The van der Waals surface area contributed by atoms with Gasteiger partial charge in [-0.15, -0.1) is 0 Å². The predicted octanol–water partition coefficient (Wildman–Crippen LogP) is 3.62. The minimum atomic E-state index is 0.893. The number of pyridine rings is 1. The highest BCUT2D eigenvalue weighted by molar-refractivity contribution is 5.42. The number of nitrogens with one attached hydrogen (secondary N) is 1. The number of hydrogen-bond acceptors (Lipinski definition) is 2. The summed E-state index contributed by atoms with van der Waals surface area (Å²) in [5.74, 6) is 0. The monoisotopic (exact) mass is 269 g/mol. The maximum atomic E-state index is 4.59. The molecule has 0 aromatic carbocycles. The largest absolute Gasteiger partial charge is 0.311 e. The van der Waals surface area contributed by atoms with Crippen LogP contribution in [-0.4, -0.2) is 15.9 Å². The number of rotatable bonds is 5. The van der Waals surface area contributed by atoms with Crippen LogP contribution in [0.2, 0.25) is 0 Å². The summed E-state index contributed by atoms with van der Waals surface area (Å²) in [6, 6.07) is 6.16. The zero-order valence-electron chi connectivity index (χ0n) is 12.2. The predicted molar refractivity (Wildman–Crippen MR) is 82.8 cm³/mol. The average Bonchev–Trinajstić information content (AvgIpc) is 2.80. The van der Waals surface area contributed by atoms with Crippen molar-refractivity contribution in [3.05, 3.63) is 47.4 Å². The van der Waals surface area contributed by atoms with Crippen LogP contribution < -0.4 is 5.32 Å². The van der Waals surface area contributed by atoms with Gasteiger partial charge in [0.25, 0.3) is 0 Å². The summed E-state index contributed by atoms with van der Waals surface area (Å²) in [6.45, 7) is 4.04. The first-order valence-electron chi connectivity index (χ1n) is 7.66. The van der Waals surface area contributed by atoms with Crippen LogP contribution in [-0.2, 0) is 6.54 Å². The van der Waals surface area contributed by atoms with E-state index in [4.69, 9.17) is 0 Å². The first kappa shape index (κ1) is 13.4. The number of allylic oxidation sites excluding steroid dienone is 1. The third-order valence-corrected chi connectivity index (χ3v) is 4.13. The van der Waals surface area contributed by atoms with Crippen molar-refractivity contribution in [1.82, 2.24) is 14.7 Å². The molecule has 3 heteroatoms. The van der Waals surface area contributed by atoms with Gasteiger partial charge in [0.15, 0.2) is 0 Å². The summed E-state index contributed by atoms with van der Waals surface area (Å²) in [5.41, 5.74) is 5.08. The lowest BCUT2D eigenvalue weighted by atomic mass is 9.97. The fourth-order valence-electron chi connectivity index (χ4n) is 2.96. The van der Waals surface area contributed by atoms with E-state index in [-0.39, 0.29) is 0 Å². The average molecular weight is 269 g/mol. The molecule has 3 nitrogen and oxygen atoms in total. The fourth-order valence-corrected chi connectivity index (χ4v) is 2.96. The van der Waals surface area contributed by atoms with Crippen LogP contribution in [0.15, 0.2) is 36.0 Å². The topological polar surface area (TPSA) is 29.3 Å². The van der Waals surface area contributed by atoms with E-state index in [2.05, 4.69) is 46.0 Å². The molecular formula is C17H23N3. The van der Waals surface area contributed by atoms with Crippen molar-refractivity contribution in [2.24, 2.45) is 0 Å². The highest BCUT2D eigenvalue weighted by atomic mass is 15.0. The number of nitrogens with zero attached hydrogens (tertiary/aromatic N) is 2. The molecule has 0 saturated carbocycles. The number of imidazole rings is 1. The second-order valence-corrected chi connectivity index (χ2v) is 5.61. The molecule has 2 heterocycles. The summed E-state index contributed by atoms with van der Waals surface area (Å²) in [5, 5.41) is 3.57. The minimum absolute atomic E-state index is 0.893. The van der Waals surface area contributed by atoms with Gasteiger partial charge in [0.2, 0.25) is 0 Å². The normalized spacial score (nSPS) is 15.6. The molecule has 3 rings (SSSR count). The van der Waals surface area contributed by atoms with Crippen LogP contribution in [0, 0.1) is 6.92 Å². The quantitative estimate of drug-likeness (QED) is 0.663. The Morgan fingerprint density at radius 1 is 1.30 bits per heavy atom. The van der Waals surface area contributed by atoms with Crippen LogP contribution in [0.1, 0.15) is 43.5 Å². The Kier molecular flexibility index (Phi) is 4.16. The smallest absolute Gasteiger partial charge is 0.137 e. The second-order valence-electron chi connectivity index (χ2n) is 5.61. The van der Waals surface area contributed by atoms with Crippen LogP contribution in [0.3, 0.4) is 0 Å². The molecule has 2 aromatic heterocycles. The van der Waals surface area contributed by atoms with Gasteiger partial charge in [-0.3, -0.25) is 0 Å². The Morgan fingerprint density at radius 2 is 2.25 bits per heavy atom. The molecule has 0 saturated heterocycles. The van der Waals surface area contributed by atoms with E-state index < -0.39 is 0 Å². The zero-order valence-corrected chi connectivity index (χ0v) is 12.2. The molecule has 20 heavy (non-hydrogen) atoms. The Bertz CT molecular complexity index is 610. The van der Waals surface area contributed by atoms with Crippen molar-refractivity contribution in [3.63, 3.8) is 0 Å². The second kappa shape index (κ2) is 6.23. The van der Waals surface area contributed by atoms with E-state index >= 15 is 0 Å². The first-order chi connectivity index (χ1) is 9.84. The molecule has 0 radical (unpaired) electrons. The Morgan fingerprint density at radius 3 is 3.10 bits per heavy atom. The molecule has 1 N–H and O–H groups in total. The van der Waals surface area contributed by atoms with Gasteiger partial charge in [-0.2, -0.15) is 0 Å². The highest BCUT2D eigenvalue weighted by Gasteiger charge is 2.08. The van der Waals surface area contributed by atoms with E-state index in [1.807, 2.05) is 6.07 Å². The lowest BCUT2D eigenvalue weighted by molar-refractivity contribution is 0.625. The van der Waals surface area contributed by atoms with Crippen molar-refractivity contribution in [2.75, 3.05) is 6.54 Å². The lowest BCUT2D eigenvalue weighted by Crippen LogP contribution is -2.17. The van der Waals surface area contributed by atoms with Gasteiger partial charge in [0.05, 0.1) is 11.4 Å². The minimum Gasteiger partial charge on any atom is -0.311 e. The molecule has 0 bridgehead atoms. The van der Waals surface area contributed by atoms with Gasteiger partial charge >= 0.3 is 0 Å². The Hall–Kier alpha value is -1.61. The molecule has 2 aromatic rings. The van der Waals surface area contributed by atoms with Gasteiger partial charge in [0.1, 0.15) is 5.65 Å². The summed E-state index contributed by atoms with van der Waals surface area (Å²) >= 11 is 0. The van der Waals surface area contributed by atoms with Crippen molar-refractivity contribution in [1.29, 1.82) is 0 Å². The van der Waals surface area contributed by atoms with Crippen LogP contribution in [0.4, 0.5) is 0 Å². The maximum absolute atomic E-state index is 4.59. The summed E-state index contributed by atoms with van der Waals surface area (Å²) < 4.78 is 2.18. The molecule has 0 unspecified atom stereocenters. The van der Waals surface area contributed by atoms with Crippen LogP contribution in [0.25, 0.3) is 5.65 Å². The lowest BCUT2D eigenvalue weighted by Gasteiger charge is -2.13. The van der Waals surface area contributed by atoms with Crippen molar-refractivity contribution < 1.29 is 0 Å². The maximum Gasteiger partial charge on any atom is 0.137 e. The SMILES string of the molecule is Cc1nc2ccccn2c1CNCCC1=CCCCC1. The van der Waals surface area contributed by atoms with E-state index in [0.717, 1.165) is 24.4 Å². The molecule has 106 valence electrons. The number of fused-ring (bicyclic) bond motifs is 1. The molecular weight excluding hydrogens is 246 g/mol. The fraction of sp³-hybridized carbons (Fsp3) is 0.471. The highest BCUT2D eigenvalue weighted by Crippen LogP contribution is 2.19. The molecule has 0 fully saturated rings. The van der Waals surface area contributed by atoms with Crippen molar-refractivity contribution in [3.8, 4) is 0 Å². The molecule has 0 atom stereocenters.